The zero-order valence-corrected chi connectivity index (χ0v) is 9.55. The lowest BCUT2D eigenvalue weighted by atomic mass is 10.3. The van der Waals surface area contributed by atoms with Gasteiger partial charge in [0.25, 0.3) is 5.69 Å². The molecule has 1 aromatic heterocycles. The number of nitro benzene ring substituents is 1. The molecule has 0 aliphatic carbocycles. The van der Waals surface area contributed by atoms with Crippen molar-refractivity contribution in [2.45, 2.75) is 9.92 Å². The first-order chi connectivity index (χ1) is 8.16. The van der Waals surface area contributed by atoms with E-state index in [2.05, 4.69) is 4.98 Å². The van der Waals surface area contributed by atoms with Gasteiger partial charge in [-0.1, -0.05) is 17.8 Å². The van der Waals surface area contributed by atoms with Crippen molar-refractivity contribution >= 4 is 23.1 Å². The van der Waals surface area contributed by atoms with Crippen molar-refractivity contribution < 1.29 is 4.92 Å². The maximum Gasteiger partial charge on any atom is 0.293 e. The summed E-state index contributed by atoms with van der Waals surface area (Å²) in [5.41, 5.74) is 5.61. The van der Waals surface area contributed by atoms with Crippen molar-refractivity contribution in [2.75, 3.05) is 5.73 Å². The average molecular weight is 247 g/mol. The maximum absolute atomic E-state index is 10.7. The second-order valence-corrected chi connectivity index (χ2v) is 4.34. The number of nitrogens with zero attached hydrogens (tertiary/aromatic N) is 2. The van der Waals surface area contributed by atoms with Crippen molar-refractivity contribution in [3.63, 3.8) is 0 Å². The van der Waals surface area contributed by atoms with Crippen molar-refractivity contribution in [2.24, 2.45) is 0 Å². The topological polar surface area (TPSA) is 82.0 Å². The second kappa shape index (κ2) is 4.84. The van der Waals surface area contributed by atoms with Crippen molar-refractivity contribution in [1.29, 1.82) is 0 Å². The lowest BCUT2D eigenvalue weighted by Gasteiger charge is -2.02. The summed E-state index contributed by atoms with van der Waals surface area (Å²) < 4.78 is 0. The summed E-state index contributed by atoms with van der Waals surface area (Å²) in [7, 11) is 0. The molecule has 2 aromatic rings. The molecule has 0 saturated carbocycles. The van der Waals surface area contributed by atoms with Crippen LogP contribution in [0.2, 0.25) is 0 Å². The third-order valence-corrected chi connectivity index (χ3v) is 3.00. The molecule has 2 rings (SSSR count). The molecule has 1 heterocycles. The van der Waals surface area contributed by atoms with Crippen LogP contribution in [0.3, 0.4) is 0 Å². The Hall–Kier alpha value is -2.08. The van der Waals surface area contributed by atoms with Crippen LogP contribution >= 0.6 is 11.8 Å². The summed E-state index contributed by atoms with van der Waals surface area (Å²) >= 11 is 1.36. The van der Waals surface area contributed by atoms with Crippen molar-refractivity contribution in [1.82, 2.24) is 4.98 Å². The number of hydrogen-bond acceptors (Lipinski definition) is 5. The van der Waals surface area contributed by atoms with Gasteiger partial charge in [0.2, 0.25) is 0 Å². The number of anilines is 1. The number of benzene rings is 1. The first kappa shape index (κ1) is 11.4. The Bertz CT molecular complexity index is 546. The van der Waals surface area contributed by atoms with Gasteiger partial charge in [-0.2, -0.15) is 0 Å². The van der Waals surface area contributed by atoms with E-state index >= 15 is 0 Å². The van der Waals surface area contributed by atoms with E-state index in [4.69, 9.17) is 5.73 Å². The summed E-state index contributed by atoms with van der Waals surface area (Å²) in [4.78, 5) is 15.1. The number of nitro groups is 1. The largest absolute Gasteiger partial charge is 0.393 e. The van der Waals surface area contributed by atoms with Crippen LogP contribution in [0.1, 0.15) is 0 Å². The smallest absolute Gasteiger partial charge is 0.293 e. The summed E-state index contributed by atoms with van der Waals surface area (Å²) in [5.74, 6) is 0. The Kier molecular flexibility index (Phi) is 3.24. The molecule has 0 radical (unpaired) electrons. The maximum atomic E-state index is 10.7. The van der Waals surface area contributed by atoms with Gasteiger partial charge in [0.1, 0.15) is 10.7 Å². The predicted molar refractivity (Wildman–Crippen MR) is 65.9 cm³/mol. The van der Waals surface area contributed by atoms with E-state index in [-0.39, 0.29) is 11.4 Å². The van der Waals surface area contributed by atoms with E-state index in [0.717, 1.165) is 9.92 Å². The van der Waals surface area contributed by atoms with Crippen LogP contribution in [0.15, 0.2) is 52.5 Å². The zero-order chi connectivity index (χ0) is 12.3. The fourth-order valence-electron chi connectivity index (χ4n) is 1.27. The Morgan fingerprint density at radius 3 is 2.76 bits per heavy atom. The highest BCUT2D eigenvalue weighted by molar-refractivity contribution is 7.99. The molecule has 0 bridgehead atoms. The van der Waals surface area contributed by atoms with Gasteiger partial charge in [0, 0.05) is 17.2 Å². The van der Waals surface area contributed by atoms with Crippen molar-refractivity contribution in [3.05, 3.63) is 52.7 Å². The Morgan fingerprint density at radius 2 is 2.12 bits per heavy atom. The van der Waals surface area contributed by atoms with Gasteiger partial charge in [0.15, 0.2) is 0 Å². The van der Waals surface area contributed by atoms with Gasteiger partial charge in [-0.05, 0) is 24.3 Å². The molecule has 0 saturated heterocycles. The summed E-state index contributed by atoms with van der Waals surface area (Å²) in [6, 6.07) is 10.2. The number of pyridine rings is 1. The third kappa shape index (κ3) is 2.73. The van der Waals surface area contributed by atoms with Crippen LogP contribution in [0.25, 0.3) is 0 Å². The number of aromatic nitrogens is 1. The molecule has 0 aliphatic rings. The molecule has 86 valence electrons. The molecule has 0 amide bonds. The standard InChI is InChI=1S/C11H9N3O2S/c12-9-5-4-8(7-10(9)14(15)16)17-11-3-1-2-6-13-11/h1-7H,12H2. The minimum absolute atomic E-state index is 0.0778. The molecule has 0 atom stereocenters. The molecule has 6 heteroatoms. The van der Waals surface area contributed by atoms with Crippen LogP contribution < -0.4 is 5.73 Å². The molecule has 17 heavy (non-hydrogen) atoms. The van der Waals surface area contributed by atoms with E-state index in [1.807, 2.05) is 18.2 Å². The summed E-state index contributed by atoms with van der Waals surface area (Å²) in [5, 5.41) is 11.5. The fourth-order valence-corrected chi connectivity index (χ4v) is 2.08. The molecule has 0 spiro atoms. The number of nitrogens with two attached hydrogens (primary N) is 1. The Morgan fingerprint density at radius 1 is 1.29 bits per heavy atom. The van der Waals surface area contributed by atoms with Crippen LogP contribution in [0, 0.1) is 10.1 Å². The van der Waals surface area contributed by atoms with E-state index in [1.165, 1.54) is 23.9 Å². The monoisotopic (exact) mass is 247 g/mol. The number of nitrogen functional groups attached to an aromatic ring is 1. The molecule has 1 aromatic carbocycles. The van der Waals surface area contributed by atoms with E-state index in [0.29, 0.717) is 0 Å². The highest BCUT2D eigenvalue weighted by atomic mass is 32.2. The minimum Gasteiger partial charge on any atom is -0.393 e. The molecule has 0 fully saturated rings. The van der Waals surface area contributed by atoms with Crippen LogP contribution in [-0.4, -0.2) is 9.91 Å². The highest BCUT2D eigenvalue weighted by Crippen LogP contribution is 2.31. The third-order valence-electron chi connectivity index (χ3n) is 2.06. The Balaban J connectivity index is 2.29. The van der Waals surface area contributed by atoms with Gasteiger partial charge < -0.3 is 5.73 Å². The fraction of sp³-hybridized carbons (Fsp3) is 0. The van der Waals surface area contributed by atoms with Gasteiger partial charge in [-0.15, -0.1) is 0 Å². The van der Waals surface area contributed by atoms with Gasteiger partial charge in [-0.25, -0.2) is 4.98 Å². The first-order valence-electron chi connectivity index (χ1n) is 4.79. The van der Waals surface area contributed by atoms with Crippen LogP contribution in [0.4, 0.5) is 11.4 Å². The lowest BCUT2D eigenvalue weighted by molar-refractivity contribution is -0.384. The van der Waals surface area contributed by atoms with Crippen LogP contribution in [-0.2, 0) is 0 Å². The SMILES string of the molecule is Nc1ccc(Sc2ccccn2)cc1[N+](=O)[O-]. The van der Waals surface area contributed by atoms with Crippen LogP contribution in [0.5, 0.6) is 0 Å². The van der Waals surface area contributed by atoms with Gasteiger partial charge >= 0.3 is 0 Å². The second-order valence-electron chi connectivity index (χ2n) is 3.25. The molecular weight excluding hydrogens is 238 g/mol. The molecule has 0 unspecified atom stereocenters. The average Bonchev–Trinajstić information content (AvgIpc) is 2.32. The summed E-state index contributed by atoms with van der Waals surface area (Å²) in [6.45, 7) is 0. The van der Waals surface area contributed by atoms with Gasteiger partial charge in [0.05, 0.1) is 4.92 Å². The van der Waals surface area contributed by atoms with E-state index in [9.17, 15) is 10.1 Å². The molecule has 2 N–H and O–H groups in total. The predicted octanol–water partition coefficient (Wildman–Crippen LogP) is 2.72. The molecular formula is C11H9N3O2S. The van der Waals surface area contributed by atoms with Gasteiger partial charge in [-0.3, -0.25) is 10.1 Å². The quantitative estimate of drug-likeness (QED) is 0.512. The lowest BCUT2D eigenvalue weighted by Crippen LogP contribution is -1.95. The zero-order valence-electron chi connectivity index (χ0n) is 8.74. The first-order valence-corrected chi connectivity index (χ1v) is 5.61. The van der Waals surface area contributed by atoms with E-state index in [1.54, 1.807) is 12.3 Å². The number of rotatable bonds is 3. The van der Waals surface area contributed by atoms with E-state index < -0.39 is 4.92 Å². The summed E-state index contributed by atoms with van der Waals surface area (Å²) in [6.07, 6.45) is 1.67. The minimum atomic E-state index is -0.488. The van der Waals surface area contributed by atoms with Crippen molar-refractivity contribution in [3.8, 4) is 0 Å². The normalized spacial score (nSPS) is 10.1. The Labute approximate surface area is 102 Å². The molecule has 0 aliphatic heterocycles. The molecule has 5 nitrogen and oxygen atoms in total. The highest BCUT2D eigenvalue weighted by Gasteiger charge is 2.12. The number of hydrogen-bond donors (Lipinski definition) is 1.